The van der Waals surface area contributed by atoms with E-state index in [9.17, 15) is 15.0 Å². The van der Waals surface area contributed by atoms with Crippen LogP contribution < -0.4 is 10.5 Å². The first-order chi connectivity index (χ1) is 9.52. The third-order valence-electron chi connectivity index (χ3n) is 3.17. The molecule has 0 unspecified atom stereocenters. The molecule has 1 fully saturated rings. The third-order valence-corrected chi connectivity index (χ3v) is 3.84. The zero-order chi connectivity index (χ0) is 14.4. The predicted octanol–water partition coefficient (Wildman–Crippen LogP) is -1.95. The van der Waals surface area contributed by atoms with E-state index in [-0.39, 0.29) is 21.0 Å². The number of fused-ring (bicyclic) bond motifs is 1. The molecule has 0 bridgehead atoms. The fourth-order valence-electron chi connectivity index (χ4n) is 2.18. The number of nitrogens with zero attached hydrogens (tertiary/aromatic N) is 3. The number of nitrogen functional groups attached to an aromatic ring is 1. The summed E-state index contributed by atoms with van der Waals surface area (Å²) in [6.07, 6.45) is -3.13. The molecule has 3 rings (SSSR count). The Morgan fingerprint density at radius 2 is 2.20 bits per heavy atom. The standard InChI is InChI=1S/C10H12N4O5S/c11-10-13-7-4(9(18)20-10)12-2-14(7)8-6(17)5(16)3(1-15)19-8/h2-3,5-6,8,15-17H,1H2,(H2,11,13)/t3-,5-,6-,8-/m1/s1. The average Bonchev–Trinajstić information content (AvgIpc) is 2.93. The second-order valence-electron chi connectivity index (χ2n) is 4.39. The van der Waals surface area contributed by atoms with Crippen LogP contribution in [0.3, 0.4) is 0 Å². The van der Waals surface area contributed by atoms with Crippen molar-refractivity contribution in [3.63, 3.8) is 0 Å². The molecule has 1 aliphatic heterocycles. The molecule has 2 aromatic rings. The molecule has 0 aromatic carbocycles. The van der Waals surface area contributed by atoms with Crippen molar-refractivity contribution in [2.45, 2.75) is 24.5 Å². The van der Waals surface area contributed by atoms with Crippen LogP contribution in [-0.2, 0) is 4.74 Å². The highest BCUT2D eigenvalue weighted by atomic mass is 32.1. The van der Waals surface area contributed by atoms with E-state index in [0.29, 0.717) is 0 Å². The van der Waals surface area contributed by atoms with Crippen LogP contribution in [0, 0.1) is 0 Å². The van der Waals surface area contributed by atoms with E-state index in [0.717, 1.165) is 11.3 Å². The normalized spacial score (nSPS) is 30.1. The summed E-state index contributed by atoms with van der Waals surface area (Å²) in [5.41, 5.74) is 5.82. The molecule has 3 heterocycles. The van der Waals surface area contributed by atoms with E-state index in [1.807, 2.05) is 0 Å². The summed E-state index contributed by atoms with van der Waals surface area (Å²) in [5, 5.41) is 28.8. The van der Waals surface area contributed by atoms with E-state index < -0.39 is 31.1 Å². The van der Waals surface area contributed by atoms with Gasteiger partial charge >= 0.3 is 0 Å². The van der Waals surface area contributed by atoms with Crippen molar-refractivity contribution in [3.8, 4) is 0 Å². The monoisotopic (exact) mass is 300 g/mol. The van der Waals surface area contributed by atoms with Gasteiger partial charge in [0.15, 0.2) is 22.5 Å². The molecule has 108 valence electrons. The van der Waals surface area contributed by atoms with Crippen molar-refractivity contribution in [2.75, 3.05) is 12.3 Å². The van der Waals surface area contributed by atoms with Crippen LogP contribution >= 0.6 is 11.3 Å². The molecule has 20 heavy (non-hydrogen) atoms. The molecule has 1 aliphatic rings. The topological polar surface area (TPSA) is 144 Å². The van der Waals surface area contributed by atoms with Gasteiger partial charge in [-0.3, -0.25) is 9.36 Å². The maximum Gasteiger partial charge on any atom is 0.265 e. The van der Waals surface area contributed by atoms with Crippen LogP contribution in [0.2, 0.25) is 0 Å². The lowest BCUT2D eigenvalue weighted by Crippen LogP contribution is -2.33. The van der Waals surface area contributed by atoms with Crippen molar-refractivity contribution in [3.05, 3.63) is 15.9 Å². The summed E-state index contributed by atoms with van der Waals surface area (Å²) in [4.78, 5) is 19.7. The Morgan fingerprint density at radius 3 is 2.85 bits per heavy atom. The molecule has 0 aliphatic carbocycles. The fourth-order valence-corrected chi connectivity index (χ4v) is 2.74. The summed E-state index contributed by atoms with van der Waals surface area (Å²) in [6.45, 7) is -0.439. The summed E-state index contributed by atoms with van der Waals surface area (Å²) < 4.78 is 6.33. The lowest BCUT2D eigenvalue weighted by molar-refractivity contribution is -0.0511. The van der Waals surface area contributed by atoms with Crippen molar-refractivity contribution in [2.24, 2.45) is 0 Å². The molecule has 2 aromatic heterocycles. The number of hydrogen-bond donors (Lipinski definition) is 4. The van der Waals surface area contributed by atoms with E-state index in [4.69, 9.17) is 15.6 Å². The molecule has 9 nitrogen and oxygen atoms in total. The van der Waals surface area contributed by atoms with Gasteiger partial charge in [-0.15, -0.1) is 0 Å². The molecule has 0 spiro atoms. The number of imidazole rings is 1. The lowest BCUT2D eigenvalue weighted by atomic mass is 10.1. The molecular weight excluding hydrogens is 288 g/mol. The number of aromatic nitrogens is 3. The van der Waals surface area contributed by atoms with Crippen LogP contribution in [0.5, 0.6) is 0 Å². The number of aliphatic hydroxyl groups is 3. The maximum atomic E-state index is 11.7. The SMILES string of the molecule is Nc1nc2c(ncn2[C@@H]2O[C@H](CO)[C@@H](O)[C@H]2O)c(=O)s1. The number of anilines is 1. The quantitative estimate of drug-likeness (QED) is 0.501. The minimum Gasteiger partial charge on any atom is -0.394 e. The maximum absolute atomic E-state index is 11.7. The molecule has 4 atom stereocenters. The Kier molecular flexibility index (Phi) is 3.18. The van der Waals surface area contributed by atoms with E-state index in [1.54, 1.807) is 0 Å². The summed E-state index contributed by atoms with van der Waals surface area (Å²) >= 11 is 0.767. The van der Waals surface area contributed by atoms with Gasteiger partial charge in [-0.2, -0.15) is 0 Å². The first-order valence-corrected chi connectivity index (χ1v) is 6.60. The number of ether oxygens (including phenoxy) is 1. The van der Waals surface area contributed by atoms with Gasteiger partial charge in [-0.1, -0.05) is 11.3 Å². The first-order valence-electron chi connectivity index (χ1n) is 5.78. The Labute approximate surface area is 115 Å². The van der Waals surface area contributed by atoms with Gasteiger partial charge in [0.1, 0.15) is 18.3 Å². The zero-order valence-electron chi connectivity index (χ0n) is 10.1. The molecule has 10 heteroatoms. The van der Waals surface area contributed by atoms with E-state index in [2.05, 4.69) is 9.97 Å². The van der Waals surface area contributed by atoms with E-state index in [1.165, 1.54) is 10.9 Å². The molecule has 0 amide bonds. The fraction of sp³-hybridized carbons (Fsp3) is 0.500. The van der Waals surface area contributed by atoms with Gasteiger partial charge in [0.2, 0.25) is 0 Å². The Balaban J connectivity index is 2.09. The lowest BCUT2D eigenvalue weighted by Gasteiger charge is -2.16. The molecule has 1 saturated heterocycles. The van der Waals surface area contributed by atoms with Crippen LogP contribution in [0.15, 0.2) is 11.1 Å². The van der Waals surface area contributed by atoms with Gasteiger partial charge in [0.05, 0.1) is 12.9 Å². The van der Waals surface area contributed by atoms with Crippen molar-refractivity contribution >= 4 is 27.6 Å². The minimum atomic E-state index is -1.27. The van der Waals surface area contributed by atoms with Crippen molar-refractivity contribution < 1.29 is 20.1 Å². The molecule has 5 N–H and O–H groups in total. The van der Waals surface area contributed by atoms with Crippen LogP contribution in [0.1, 0.15) is 6.23 Å². The zero-order valence-corrected chi connectivity index (χ0v) is 10.9. The highest BCUT2D eigenvalue weighted by Gasteiger charge is 2.44. The van der Waals surface area contributed by atoms with Crippen LogP contribution in [0.4, 0.5) is 5.13 Å². The molecular formula is C10H12N4O5S. The second-order valence-corrected chi connectivity index (χ2v) is 5.39. The predicted molar refractivity (Wildman–Crippen MR) is 69.1 cm³/mol. The summed E-state index contributed by atoms with van der Waals surface area (Å²) in [6, 6.07) is 0. The van der Waals surface area contributed by atoms with E-state index >= 15 is 0 Å². The first kappa shape index (κ1) is 13.4. The number of hydrogen-bond acceptors (Lipinski definition) is 9. The molecule has 0 saturated carbocycles. The highest BCUT2D eigenvalue weighted by molar-refractivity contribution is 7.13. The second kappa shape index (κ2) is 4.75. The summed E-state index contributed by atoms with van der Waals surface area (Å²) in [5.74, 6) is 0. The minimum absolute atomic E-state index is 0.0657. The number of rotatable bonds is 2. The number of nitrogens with two attached hydrogens (primary N) is 1. The van der Waals surface area contributed by atoms with Gasteiger partial charge in [0, 0.05) is 0 Å². The van der Waals surface area contributed by atoms with Crippen LogP contribution in [0.25, 0.3) is 11.2 Å². The van der Waals surface area contributed by atoms with Crippen LogP contribution in [-0.4, -0.2) is 54.8 Å². The highest BCUT2D eigenvalue weighted by Crippen LogP contribution is 2.31. The van der Waals surface area contributed by atoms with Gasteiger partial charge in [-0.05, 0) is 0 Å². The van der Waals surface area contributed by atoms with Crippen molar-refractivity contribution in [1.29, 1.82) is 0 Å². The average molecular weight is 300 g/mol. The van der Waals surface area contributed by atoms with Gasteiger partial charge in [-0.25, -0.2) is 9.97 Å². The van der Waals surface area contributed by atoms with Gasteiger partial charge in [0.25, 0.3) is 4.74 Å². The van der Waals surface area contributed by atoms with Crippen molar-refractivity contribution in [1.82, 2.24) is 14.5 Å². The Bertz CT molecular complexity index is 701. The smallest absolute Gasteiger partial charge is 0.265 e. The largest absolute Gasteiger partial charge is 0.394 e. The Morgan fingerprint density at radius 1 is 1.45 bits per heavy atom. The van der Waals surface area contributed by atoms with Gasteiger partial charge < -0.3 is 25.8 Å². The third kappa shape index (κ3) is 1.89. The summed E-state index contributed by atoms with van der Waals surface area (Å²) in [7, 11) is 0. The Hall–Kier alpha value is -1.59. The number of aliphatic hydroxyl groups excluding tert-OH is 3. The molecule has 0 radical (unpaired) electrons.